The summed E-state index contributed by atoms with van der Waals surface area (Å²) in [5, 5.41) is 2.96. The molecule has 1 N–H and O–H groups in total. The molecule has 0 saturated carbocycles. The van der Waals surface area contributed by atoms with E-state index in [0.29, 0.717) is 28.8 Å². The lowest BCUT2D eigenvalue weighted by Crippen LogP contribution is -2.31. The average molecular weight is 436 g/mol. The van der Waals surface area contributed by atoms with Gasteiger partial charge >= 0.3 is 5.97 Å². The highest BCUT2D eigenvalue weighted by atomic mass is 16.5. The number of nitrogens with one attached hydrogen (secondary N) is 1. The Morgan fingerprint density at radius 3 is 2.41 bits per heavy atom. The van der Waals surface area contributed by atoms with Crippen molar-refractivity contribution in [2.24, 2.45) is 0 Å². The van der Waals surface area contributed by atoms with Gasteiger partial charge in [-0.2, -0.15) is 0 Å². The highest BCUT2D eigenvalue weighted by molar-refractivity contribution is 5.97. The first-order valence-electron chi connectivity index (χ1n) is 10.8. The molecule has 1 amide bonds. The van der Waals surface area contributed by atoms with E-state index in [1.54, 1.807) is 43.5 Å². The number of hydrogen-bond acceptors (Lipinski definition) is 5. The van der Waals surface area contributed by atoms with Gasteiger partial charge in [0, 0.05) is 12.1 Å². The highest BCUT2D eigenvalue weighted by Gasteiger charge is 2.21. The molecule has 0 aliphatic carbocycles. The third-order valence-electron chi connectivity index (χ3n) is 5.21. The van der Waals surface area contributed by atoms with Crippen LogP contribution in [0.15, 0.2) is 47.3 Å². The Balaban J connectivity index is 1.91. The zero-order valence-electron chi connectivity index (χ0n) is 19.1. The van der Waals surface area contributed by atoms with Gasteiger partial charge in [-0.25, -0.2) is 4.98 Å². The second-order valence-electron chi connectivity index (χ2n) is 8.13. The summed E-state index contributed by atoms with van der Waals surface area (Å²) in [5.74, 6) is -0.711. The van der Waals surface area contributed by atoms with Gasteiger partial charge in [0.2, 0.25) is 0 Å². The van der Waals surface area contributed by atoms with Crippen molar-refractivity contribution in [1.82, 2.24) is 14.9 Å². The lowest BCUT2D eigenvalue weighted by atomic mass is 10.0. The Labute approximate surface area is 187 Å². The van der Waals surface area contributed by atoms with E-state index in [2.05, 4.69) is 10.3 Å². The van der Waals surface area contributed by atoms with Crippen LogP contribution in [0.5, 0.6) is 0 Å². The molecule has 3 aromatic rings. The predicted molar refractivity (Wildman–Crippen MR) is 124 cm³/mol. The fourth-order valence-corrected chi connectivity index (χ4v) is 3.60. The van der Waals surface area contributed by atoms with Crippen molar-refractivity contribution in [3.63, 3.8) is 0 Å². The highest BCUT2D eigenvalue weighted by Crippen LogP contribution is 2.21. The van der Waals surface area contributed by atoms with E-state index in [4.69, 9.17) is 4.74 Å². The molecule has 0 aliphatic heterocycles. The molecule has 0 spiro atoms. The van der Waals surface area contributed by atoms with Gasteiger partial charge < -0.3 is 14.6 Å². The minimum Gasteiger partial charge on any atom is -0.463 e. The molecule has 0 saturated heterocycles. The number of rotatable bonds is 7. The molecule has 0 bridgehead atoms. The summed E-state index contributed by atoms with van der Waals surface area (Å²) in [4.78, 5) is 42.1. The molecule has 7 heteroatoms. The summed E-state index contributed by atoms with van der Waals surface area (Å²) in [6.45, 7) is 9.62. The van der Waals surface area contributed by atoms with Crippen LogP contribution in [-0.2, 0) is 16.1 Å². The molecule has 0 fully saturated rings. The van der Waals surface area contributed by atoms with Gasteiger partial charge in [0.25, 0.3) is 11.5 Å². The largest absolute Gasteiger partial charge is 0.463 e. The van der Waals surface area contributed by atoms with Crippen molar-refractivity contribution in [2.45, 2.75) is 59.7 Å². The Morgan fingerprint density at radius 1 is 1.09 bits per heavy atom. The summed E-state index contributed by atoms with van der Waals surface area (Å²) in [5.41, 5.74) is 3.80. The third kappa shape index (κ3) is 5.22. The number of amides is 1. The molecule has 7 nitrogen and oxygen atoms in total. The first kappa shape index (κ1) is 23.2. The van der Waals surface area contributed by atoms with Crippen LogP contribution < -0.4 is 10.9 Å². The van der Waals surface area contributed by atoms with Gasteiger partial charge in [0.05, 0.1) is 29.6 Å². The van der Waals surface area contributed by atoms with Gasteiger partial charge in [-0.05, 0) is 58.4 Å². The fraction of sp³-hybridized carbons (Fsp3) is 0.360. The zero-order chi connectivity index (χ0) is 23.4. The van der Waals surface area contributed by atoms with Crippen molar-refractivity contribution in [1.29, 1.82) is 0 Å². The van der Waals surface area contributed by atoms with Crippen LogP contribution in [0, 0.1) is 13.8 Å². The van der Waals surface area contributed by atoms with Gasteiger partial charge in [0.15, 0.2) is 0 Å². The van der Waals surface area contributed by atoms with E-state index in [0.717, 1.165) is 11.1 Å². The summed E-state index contributed by atoms with van der Waals surface area (Å²) in [7, 11) is 0. The maximum absolute atomic E-state index is 13.1. The van der Waals surface area contributed by atoms with Crippen molar-refractivity contribution < 1.29 is 14.3 Å². The number of carbonyl (C=O) groups excluding carboxylic acids is 2. The maximum Gasteiger partial charge on any atom is 0.308 e. The van der Waals surface area contributed by atoms with E-state index in [9.17, 15) is 14.4 Å². The van der Waals surface area contributed by atoms with Crippen LogP contribution in [0.4, 0.5) is 0 Å². The molecule has 168 valence electrons. The SMILES string of the molecule is CCn1c(=O)c(C)nc2cc(C(=O)NC(CC(=O)OC(C)C)c3ccc(C)cc3)ccc21. The van der Waals surface area contributed by atoms with E-state index < -0.39 is 6.04 Å². The molecule has 1 heterocycles. The van der Waals surface area contributed by atoms with E-state index in [-0.39, 0.29) is 30.0 Å². The quantitative estimate of drug-likeness (QED) is 0.570. The summed E-state index contributed by atoms with van der Waals surface area (Å²) < 4.78 is 6.92. The summed E-state index contributed by atoms with van der Waals surface area (Å²) >= 11 is 0. The third-order valence-corrected chi connectivity index (χ3v) is 5.21. The fourth-order valence-electron chi connectivity index (χ4n) is 3.60. The van der Waals surface area contributed by atoms with Crippen molar-refractivity contribution in [2.75, 3.05) is 0 Å². The lowest BCUT2D eigenvalue weighted by molar-refractivity contribution is -0.147. The number of fused-ring (bicyclic) bond motifs is 1. The first-order chi connectivity index (χ1) is 15.2. The van der Waals surface area contributed by atoms with Crippen LogP contribution >= 0.6 is 0 Å². The van der Waals surface area contributed by atoms with Gasteiger partial charge in [-0.3, -0.25) is 14.4 Å². The molecule has 32 heavy (non-hydrogen) atoms. The second kappa shape index (κ2) is 9.77. The van der Waals surface area contributed by atoms with Crippen molar-refractivity contribution >= 4 is 22.9 Å². The minimum atomic E-state index is -0.538. The van der Waals surface area contributed by atoms with Crippen LogP contribution in [-0.4, -0.2) is 27.5 Å². The summed E-state index contributed by atoms with van der Waals surface area (Å²) in [6.07, 6.45) is -0.212. The first-order valence-corrected chi connectivity index (χ1v) is 10.8. The molecule has 0 radical (unpaired) electrons. The Hall–Kier alpha value is -3.48. The molecular weight excluding hydrogens is 406 g/mol. The van der Waals surface area contributed by atoms with Crippen LogP contribution in [0.1, 0.15) is 60.4 Å². The lowest BCUT2D eigenvalue weighted by Gasteiger charge is -2.20. The van der Waals surface area contributed by atoms with E-state index in [1.807, 2.05) is 38.1 Å². The number of aromatic nitrogens is 2. The van der Waals surface area contributed by atoms with Gasteiger partial charge in [-0.15, -0.1) is 0 Å². The molecule has 2 aromatic carbocycles. The maximum atomic E-state index is 13.1. The van der Waals surface area contributed by atoms with E-state index in [1.165, 1.54) is 0 Å². The Morgan fingerprint density at radius 2 is 1.78 bits per heavy atom. The Bertz CT molecular complexity index is 1200. The summed E-state index contributed by atoms with van der Waals surface area (Å²) in [6, 6.07) is 12.2. The number of aryl methyl sites for hydroxylation is 3. The molecule has 1 aromatic heterocycles. The minimum absolute atomic E-state index is 0.0211. The number of esters is 1. The van der Waals surface area contributed by atoms with Crippen LogP contribution in [0.25, 0.3) is 11.0 Å². The Kier molecular flexibility index (Phi) is 7.08. The smallest absolute Gasteiger partial charge is 0.308 e. The molecule has 1 atom stereocenters. The van der Waals surface area contributed by atoms with Crippen molar-refractivity contribution in [3.8, 4) is 0 Å². The monoisotopic (exact) mass is 435 g/mol. The van der Waals surface area contributed by atoms with Gasteiger partial charge in [-0.1, -0.05) is 29.8 Å². The zero-order valence-corrected chi connectivity index (χ0v) is 19.1. The molecule has 0 aliphatic rings. The predicted octanol–water partition coefficient (Wildman–Crippen LogP) is 3.85. The second-order valence-corrected chi connectivity index (χ2v) is 8.13. The average Bonchev–Trinajstić information content (AvgIpc) is 2.74. The molecular formula is C25H29N3O4. The van der Waals surface area contributed by atoms with E-state index >= 15 is 0 Å². The number of ether oxygens (including phenoxy) is 1. The number of hydrogen-bond donors (Lipinski definition) is 1. The topological polar surface area (TPSA) is 90.3 Å². The van der Waals surface area contributed by atoms with Crippen LogP contribution in [0.2, 0.25) is 0 Å². The molecule has 3 rings (SSSR count). The van der Waals surface area contributed by atoms with Crippen molar-refractivity contribution in [3.05, 3.63) is 75.2 Å². The number of benzene rings is 2. The number of nitrogens with zero attached hydrogens (tertiary/aromatic N) is 2. The molecule has 1 unspecified atom stereocenters. The normalized spacial score (nSPS) is 12.1. The number of carbonyl (C=O) groups is 2. The van der Waals surface area contributed by atoms with Crippen LogP contribution in [0.3, 0.4) is 0 Å². The van der Waals surface area contributed by atoms with Gasteiger partial charge in [0.1, 0.15) is 5.69 Å². The standard InChI is InChI=1S/C25H29N3O4/c1-6-28-22-12-11-19(13-21(22)26-17(5)25(28)31)24(30)27-20(14-23(29)32-15(2)3)18-9-7-16(4)8-10-18/h7-13,15,20H,6,14H2,1-5H3,(H,27,30).